The van der Waals surface area contributed by atoms with Crippen molar-refractivity contribution in [2.45, 2.75) is 32.4 Å². The number of aliphatic imine (C=N–C) groups is 1. The smallest absolute Gasteiger partial charge is 0.194 e. The molecule has 0 spiro atoms. The Kier molecular flexibility index (Phi) is 6.92. The number of hydrogen-bond donors (Lipinski definition) is 1. The number of guanidine groups is 1. The van der Waals surface area contributed by atoms with Crippen molar-refractivity contribution in [3.63, 3.8) is 0 Å². The van der Waals surface area contributed by atoms with Gasteiger partial charge < -0.3 is 19.7 Å². The molecule has 7 nitrogen and oxygen atoms in total. The summed E-state index contributed by atoms with van der Waals surface area (Å²) >= 11 is 0. The fourth-order valence-corrected chi connectivity index (χ4v) is 3.75. The highest BCUT2D eigenvalue weighted by atomic mass is 127. The number of aryl methyl sites for hydroxylation is 2. The van der Waals surface area contributed by atoms with Crippen LogP contribution in [0.25, 0.3) is 0 Å². The van der Waals surface area contributed by atoms with E-state index in [0.29, 0.717) is 0 Å². The normalized spacial score (nSPS) is 17.3. The second kappa shape index (κ2) is 9.38. The van der Waals surface area contributed by atoms with E-state index in [4.69, 9.17) is 4.98 Å². The van der Waals surface area contributed by atoms with E-state index in [1.54, 1.807) is 0 Å². The Hall–Kier alpha value is -1.84. The average molecular weight is 481 g/mol. The van der Waals surface area contributed by atoms with Gasteiger partial charge in [0.05, 0.1) is 12.2 Å². The molecule has 0 saturated carbocycles. The van der Waals surface area contributed by atoms with Gasteiger partial charge in [0, 0.05) is 58.6 Å². The number of anilines is 1. The summed E-state index contributed by atoms with van der Waals surface area (Å²) in [5, 5.41) is 3.49. The van der Waals surface area contributed by atoms with Crippen molar-refractivity contribution in [1.29, 1.82) is 0 Å². The second-order valence-electron chi connectivity index (χ2n) is 6.86. The summed E-state index contributed by atoms with van der Waals surface area (Å²) in [6, 6.07) is 6.07. The third kappa shape index (κ3) is 4.72. The Morgan fingerprint density at radius 3 is 2.70 bits per heavy atom. The molecule has 2 aromatic rings. The molecule has 0 radical (unpaired) electrons. The molecule has 2 aromatic heterocycles. The van der Waals surface area contributed by atoms with Crippen molar-refractivity contribution in [2.75, 3.05) is 38.1 Å². The average Bonchev–Trinajstić information content (AvgIpc) is 3.12. The molecular weight excluding hydrogens is 453 g/mol. The molecule has 0 atom stereocenters. The summed E-state index contributed by atoms with van der Waals surface area (Å²) in [6.07, 6.45) is 7.66. The Morgan fingerprint density at radius 1 is 1.15 bits per heavy atom. The molecule has 4 heterocycles. The van der Waals surface area contributed by atoms with E-state index in [2.05, 4.69) is 41.9 Å². The van der Waals surface area contributed by atoms with Crippen molar-refractivity contribution in [2.24, 2.45) is 4.99 Å². The van der Waals surface area contributed by atoms with Crippen molar-refractivity contribution in [3.05, 3.63) is 42.1 Å². The monoisotopic (exact) mass is 481 g/mol. The molecule has 8 heteroatoms. The van der Waals surface area contributed by atoms with Gasteiger partial charge in [-0.25, -0.2) is 9.97 Å². The first-order valence-electron chi connectivity index (χ1n) is 9.50. The largest absolute Gasteiger partial charge is 0.353 e. The predicted octanol–water partition coefficient (Wildman–Crippen LogP) is 2.13. The summed E-state index contributed by atoms with van der Waals surface area (Å²) in [5.74, 6) is 3.24. The molecule has 1 N–H and O–H groups in total. The first-order valence-corrected chi connectivity index (χ1v) is 9.50. The molecule has 0 amide bonds. The van der Waals surface area contributed by atoms with Crippen LogP contribution in [0.4, 0.5) is 5.82 Å². The van der Waals surface area contributed by atoms with E-state index in [1.807, 2.05) is 25.4 Å². The molecule has 146 valence electrons. The number of nitrogens with one attached hydrogen (secondary N) is 1. The zero-order valence-corrected chi connectivity index (χ0v) is 18.2. The van der Waals surface area contributed by atoms with Crippen LogP contribution in [0.2, 0.25) is 0 Å². The van der Waals surface area contributed by atoms with Crippen LogP contribution in [0.5, 0.6) is 0 Å². The van der Waals surface area contributed by atoms with E-state index in [0.717, 1.165) is 63.2 Å². The topological polar surface area (TPSA) is 61.6 Å². The van der Waals surface area contributed by atoms with Gasteiger partial charge in [0.25, 0.3) is 0 Å². The SMILES string of the molecule is CN=C(NCc1cn2c(n1)CCCC2)N1CCN(c2ccccn2)CC1.I. The van der Waals surface area contributed by atoms with Gasteiger partial charge in [-0.05, 0) is 25.0 Å². The molecule has 1 fully saturated rings. The van der Waals surface area contributed by atoms with E-state index in [1.165, 1.54) is 18.7 Å². The highest BCUT2D eigenvalue weighted by Crippen LogP contribution is 2.15. The Bertz CT molecular complexity index is 727. The molecular formula is C19H28IN7. The third-order valence-corrected chi connectivity index (χ3v) is 5.15. The lowest BCUT2D eigenvalue weighted by Gasteiger charge is -2.37. The summed E-state index contributed by atoms with van der Waals surface area (Å²) in [4.78, 5) is 18.3. The maximum atomic E-state index is 4.76. The van der Waals surface area contributed by atoms with Crippen LogP contribution in [0.3, 0.4) is 0 Å². The van der Waals surface area contributed by atoms with E-state index in [9.17, 15) is 0 Å². The van der Waals surface area contributed by atoms with Crippen LogP contribution >= 0.6 is 24.0 Å². The highest BCUT2D eigenvalue weighted by molar-refractivity contribution is 14.0. The maximum absolute atomic E-state index is 4.76. The van der Waals surface area contributed by atoms with Crippen molar-refractivity contribution < 1.29 is 0 Å². The molecule has 4 rings (SSSR count). The van der Waals surface area contributed by atoms with Crippen molar-refractivity contribution in [3.8, 4) is 0 Å². The third-order valence-electron chi connectivity index (χ3n) is 5.15. The quantitative estimate of drug-likeness (QED) is 0.414. The van der Waals surface area contributed by atoms with Gasteiger partial charge in [0.15, 0.2) is 5.96 Å². The molecule has 2 aliphatic heterocycles. The Balaban J connectivity index is 0.00000210. The summed E-state index contributed by atoms with van der Waals surface area (Å²) in [7, 11) is 1.85. The van der Waals surface area contributed by atoms with Crippen LogP contribution in [-0.4, -0.2) is 58.6 Å². The molecule has 1 saturated heterocycles. The van der Waals surface area contributed by atoms with Gasteiger partial charge in [0.2, 0.25) is 0 Å². The lowest BCUT2D eigenvalue weighted by molar-refractivity contribution is 0.371. The van der Waals surface area contributed by atoms with Crippen molar-refractivity contribution >= 4 is 35.8 Å². The number of halogens is 1. The van der Waals surface area contributed by atoms with Crippen LogP contribution in [-0.2, 0) is 19.5 Å². The van der Waals surface area contributed by atoms with Crippen LogP contribution in [0, 0.1) is 0 Å². The Labute approximate surface area is 177 Å². The molecule has 0 bridgehead atoms. The first-order chi connectivity index (χ1) is 12.8. The fraction of sp³-hybridized carbons (Fsp3) is 0.526. The summed E-state index contributed by atoms with van der Waals surface area (Å²) in [5.41, 5.74) is 1.11. The second-order valence-corrected chi connectivity index (χ2v) is 6.86. The molecule has 0 unspecified atom stereocenters. The van der Waals surface area contributed by atoms with Crippen LogP contribution in [0.1, 0.15) is 24.4 Å². The summed E-state index contributed by atoms with van der Waals surface area (Å²) < 4.78 is 2.30. The van der Waals surface area contributed by atoms with Crippen molar-refractivity contribution in [1.82, 2.24) is 24.8 Å². The van der Waals surface area contributed by atoms with Gasteiger partial charge in [-0.1, -0.05) is 6.07 Å². The van der Waals surface area contributed by atoms with Crippen LogP contribution < -0.4 is 10.2 Å². The highest BCUT2D eigenvalue weighted by Gasteiger charge is 2.20. The molecule has 2 aliphatic rings. The molecule has 27 heavy (non-hydrogen) atoms. The summed E-state index contributed by atoms with van der Waals surface area (Å²) in [6.45, 7) is 5.62. The predicted molar refractivity (Wildman–Crippen MR) is 119 cm³/mol. The van der Waals surface area contributed by atoms with E-state index < -0.39 is 0 Å². The number of imidazole rings is 1. The number of rotatable bonds is 3. The van der Waals surface area contributed by atoms with Gasteiger partial charge in [0.1, 0.15) is 11.6 Å². The number of piperazine rings is 1. The maximum Gasteiger partial charge on any atom is 0.194 e. The van der Waals surface area contributed by atoms with E-state index in [-0.39, 0.29) is 24.0 Å². The number of pyridine rings is 1. The number of fused-ring (bicyclic) bond motifs is 1. The van der Waals surface area contributed by atoms with Gasteiger partial charge in [-0.3, -0.25) is 4.99 Å². The molecule has 0 aromatic carbocycles. The number of nitrogens with zero attached hydrogens (tertiary/aromatic N) is 6. The number of aromatic nitrogens is 3. The first kappa shape index (κ1) is 19.9. The standard InChI is InChI=1S/C19H27N7.HI/c1-20-19(22-14-16-15-26-9-5-3-7-18(26)23-16)25-12-10-24(11-13-25)17-6-2-4-8-21-17;/h2,4,6,8,15H,3,5,7,9-14H2,1H3,(H,20,22);1H. The zero-order chi connectivity index (χ0) is 17.8. The number of hydrogen-bond acceptors (Lipinski definition) is 4. The van der Waals surface area contributed by atoms with Gasteiger partial charge in [-0.15, -0.1) is 24.0 Å². The fourth-order valence-electron chi connectivity index (χ4n) is 3.75. The van der Waals surface area contributed by atoms with Gasteiger partial charge in [-0.2, -0.15) is 0 Å². The zero-order valence-electron chi connectivity index (χ0n) is 15.8. The van der Waals surface area contributed by atoms with E-state index >= 15 is 0 Å². The van der Waals surface area contributed by atoms with Gasteiger partial charge >= 0.3 is 0 Å². The van der Waals surface area contributed by atoms with Crippen LogP contribution in [0.15, 0.2) is 35.6 Å². The minimum absolute atomic E-state index is 0. The lowest BCUT2D eigenvalue weighted by atomic mass is 10.2. The molecule has 0 aliphatic carbocycles. The minimum Gasteiger partial charge on any atom is -0.353 e. The lowest BCUT2D eigenvalue weighted by Crippen LogP contribution is -2.52. The Morgan fingerprint density at radius 2 is 2.00 bits per heavy atom. The minimum atomic E-state index is 0.